The Hall–Kier alpha value is -2.51. The number of sulfonamides is 1. The Morgan fingerprint density at radius 1 is 0.964 bits per heavy atom. The summed E-state index contributed by atoms with van der Waals surface area (Å²) < 4.78 is 27.6. The Kier molecular flexibility index (Phi) is 5.28. The van der Waals surface area contributed by atoms with Crippen LogP contribution in [0.2, 0.25) is 0 Å². The highest BCUT2D eigenvalue weighted by Gasteiger charge is 2.32. The van der Waals surface area contributed by atoms with Crippen molar-refractivity contribution in [3.05, 3.63) is 70.4 Å². The van der Waals surface area contributed by atoms with Gasteiger partial charge in [-0.3, -0.25) is 9.78 Å². The van der Waals surface area contributed by atoms with Crippen LogP contribution in [0.3, 0.4) is 0 Å². The maximum atomic E-state index is 13.1. The van der Waals surface area contributed by atoms with E-state index in [1.165, 1.54) is 9.87 Å². The third-order valence-corrected chi connectivity index (χ3v) is 7.36. The molecule has 0 saturated carbocycles. The Morgan fingerprint density at radius 2 is 1.71 bits per heavy atom. The number of nitrogens with zero attached hydrogens (tertiary/aromatic N) is 3. The minimum absolute atomic E-state index is 0.0124. The molecule has 1 fully saturated rings. The summed E-state index contributed by atoms with van der Waals surface area (Å²) >= 11 is 0. The molecule has 0 spiro atoms. The molecule has 2 heterocycles. The molecule has 6 nitrogen and oxygen atoms in total. The first kappa shape index (κ1) is 18.8. The number of amides is 1. The van der Waals surface area contributed by atoms with Gasteiger partial charge >= 0.3 is 0 Å². The number of benzene rings is 1. The van der Waals surface area contributed by atoms with E-state index < -0.39 is 10.0 Å². The standard InChI is InChI=1S/C21H23N3O3S/c25-21(16-19-7-3-4-10-22-19)23-11-13-24(14-12-23)28(26,27)20-9-8-17-5-1-2-6-18(17)15-20/h1-7,10,15H,8-9,11-14,16H2. The number of allylic oxidation sites excluding steroid dienone is 1. The lowest BCUT2D eigenvalue weighted by molar-refractivity contribution is -0.131. The number of pyridine rings is 1. The molecule has 0 N–H and O–H groups in total. The smallest absolute Gasteiger partial charge is 0.239 e. The number of carbonyl (C=O) groups excluding carboxylic acids is 1. The van der Waals surface area contributed by atoms with Crippen LogP contribution in [-0.4, -0.2) is 54.7 Å². The lowest BCUT2D eigenvalue weighted by Gasteiger charge is -2.35. The largest absolute Gasteiger partial charge is 0.340 e. The number of hydrogen-bond acceptors (Lipinski definition) is 4. The van der Waals surface area contributed by atoms with Crippen LogP contribution < -0.4 is 0 Å². The molecule has 7 heteroatoms. The van der Waals surface area contributed by atoms with Gasteiger partial charge in [-0.05, 0) is 42.2 Å². The van der Waals surface area contributed by atoms with E-state index in [1.54, 1.807) is 17.2 Å². The molecule has 2 aromatic rings. The van der Waals surface area contributed by atoms with Gasteiger partial charge in [0.05, 0.1) is 11.3 Å². The molecular weight excluding hydrogens is 374 g/mol. The van der Waals surface area contributed by atoms with E-state index in [0.29, 0.717) is 37.5 Å². The molecular formula is C21H23N3O3S. The highest BCUT2D eigenvalue weighted by atomic mass is 32.2. The van der Waals surface area contributed by atoms with Crippen LogP contribution in [0.25, 0.3) is 6.08 Å². The molecule has 0 bridgehead atoms. The quantitative estimate of drug-likeness (QED) is 0.792. The van der Waals surface area contributed by atoms with E-state index in [9.17, 15) is 13.2 Å². The van der Waals surface area contributed by atoms with Gasteiger partial charge < -0.3 is 4.90 Å². The zero-order valence-electron chi connectivity index (χ0n) is 15.6. The summed E-state index contributed by atoms with van der Waals surface area (Å²) in [5, 5.41) is 0. The molecule has 2 aliphatic rings. The second-order valence-corrected chi connectivity index (χ2v) is 9.08. The van der Waals surface area contributed by atoms with Crippen molar-refractivity contribution in [2.75, 3.05) is 26.2 Å². The predicted octanol–water partition coefficient (Wildman–Crippen LogP) is 2.09. The maximum Gasteiger partial charge on any atom is 0.239 e. The fraction of sp³-hybridized carbons (Fsp3) is 0.333. The maximum absolute atomic E-state index is 13.1. The zero-order valence-corrected chi connectivity index (χ0v) is 16.4. The van der Waals surface area contributed by atoms with Crippen molar-refractivity contribution in [1.29, 1.82) is 0 Å². The SMILES string of the molecule is O=C(Cc1ccccn1)N1CCN(S(=O)(=O)C2=Cc3ccccc3CC2)CC1. The average Bonchev–Trinajstić information content (AvgIpc) is 2.74. The molecule has 28 heavy (non-hydrogen) atoms. The van der Waals surface area contributed by atoms with Gasteiger partial charge in [-0.15, -0.1) is 0 Å². The summed E-state index contributed by atoms with van der Waals surface area (Å²) in [6.45, 7) is 1.48. The molecule has 1 aromatic carbocycles. The van der Waals surface area contributed by atoms with Crippen LogP contribution in [0.1, 0.15) is 23.2 Å². The monoisotopic (exact) mass is 397 g/mol. The summed E-state index contributed by atoms with van der Waals surface area (Å²) in [7, 11) is -3.49. The second kappa shape index (κ2) is 7.85. The lowest BCUT2D eigenvalue weighted by atomic mass is 9.98. The van der Waals surface area contributed by atoms with E-state index in [4.69, 9.17) is 0 Å². The number of aromatic nitrogens is 1. The van der Waals surface area contributed by atoms with Crippen molar-refractivity contribution in [2.45, 2.75) is 19.3 Å². The first-order valence-electron chi connectivity index (χ1n) is 9.50. The third kappa shape index (κ3) is 3.86. The number of rotatable bonds is 4. The van der Waals surface area contributed by atoms with Crippen LogP contribution in [0, 0.1) is 0 Å². The van der Waals surface area contributed by atoms with Gasteiger partial charge in [0, 0.05) is 38.1 Å². The highest BCUT2D eigenvalue weighted by molar-refractivity contribution is 7.93. The van der Waals surface area contributed by atoms with Crippen molar-refractivity contribution < 1.29 is 13.2 Å². The lowest BCUT2D eigenvalue weighted by Crippen LogP contribution is -2.51. The highest BCUT2D eigenvalue weighted by Crippen LogP contribution is 2.29. The van der Waals surface area contributed by atoms with Crippen molar-refractivity contribution in [3.8, 4) is 0 Å². The van der Waals surface area contributed by atoms with E-state index in [0.717, 1.165) is 17.7 Å². The fourth-order valence-electron chi connectivity index (χ4n) is 3.72. The minimum Gasteiger partial charge on any atom is -0.340 e. The molecule has 0 radical (unpaired) electrons. The van der Waals surface area contributed by atoms with Crippen molar-refractivity contribution in [2.24, 2.45) is 0 Å². The Morgan fingerprint density at radius 3 is 2.46 bits per heavy atom. The molecule has 146 valence electrons. The van der Waals surface area contributed by atoms with E-state index in [1.807, 2.05) is 42.5 Å². The van der Waals surface area contributed by atoms with Gasteiger partial charge in [0.25, 0.3) is 0 Å². The Balaban J connectivity index is 1.41. The summed E-state index contributed by atoms with van der Waals surface area (Å²) in [6.07, 6.45) is 4.98. The van der Waals surface area contributed by atoms with Crippen LogP contribution in [-0.2, 0) is 27.7 Å². The first-order chi connectivity index (χ1) is 13.5. The zero-order chi connectivity index (χ0) is 19.6. The number of hydrogen-bond donors (Lipinski definition) is 0. The van der Waals surface area contributed by atoms with E-state index in [-0.39, 0.29) is 12.3 Å². The summed E-state index contributed by atoms with van der Waals surface area (Å²) in [4.78, 5) is 18.9. The van der Waals surface area contributed by atoms with Gasteiger partial charge in [0.2, 0.25) is 15.9 Å². The average molecular weight is 398 g/mol. The summed E-state index contributed by atoms with van der Waals surface area (Å²) in [5.74, 6) is -0.0124. The molecule has 1 saturated heterocycles. The fourth-order valence-corrected chi connectivity index (χ4v) is 5.33. The Labute approximate surface area is 165 Å². The third-order valence-electron chi connectivity index (χ3n) is 5.33. The van der Waals surface area contributed by atoms with Gasteiger partial charge in [-0.1, -0.05) is 30.3 Å². The van der Waals surface area contributed by atoms with Crippen molar-refractivity contribution in [3.63, 3.8) is 0 Å². The molecule has 0 atom stereocenters. The molecule has 1 aliphatic heterocycles. The molecule has 4 rings (SSSR count). The van der Waals surface area contributed by atoms with Crippen LogP contribution in [0.4, 0.5) is 0 Å². The number of carbonyl (C=O) groups is 1. The molecule has 1 aromatic heterocycles. The molecule has 1 amide bonds. The number of piperazine rings is 1. The summed E-state index contributed by atoms with van der Waals surface area (Å²) in [5.41, 5.74) is 2.90. The van der Waals surface area contributed by atoms with Gasteiger partial charge in [0.15, 0.2) is 0 Å². The van der Waals surface area contributed by atoms with E-state index >= 15 is 0 Å². The van der Waals surface area contributed by atoms with Crippen molar-refractivity contribution in [1.82, 2.24) is 14.2 Å². The number of fused-ring (bicyclic) bond motifs is 1. The topological polar surface area (TPSA) is 70.6 Å². The van der Waals surface area contributed by atoms with Crippen LogP contribution in [0.15, 0.2) is 53.6 Å². The second-order valence-electron chi connectivity index (χ2n) is 7.09. The van der Waals surface area contributed by atoms with E-state index in [2.05, 4.69) is 4.98 Å². The normalized spacial score (nSPS) is 17.7. The van der Waals surface area contributed by atoms with Gasteiger partial charge in [-0.2, -0.15) is 4.31 Å². The minimum atomic E-state index is -3.49. The number of aryl methyl sites for hydroxylation is 1. The molecule has 0 unspecified atom stereocenters. The predicted molar refractivity (Wildman–Crippen MR) is 108 cm³/mol. The Bertz CT molecular complexity index is 995. The molecule has 1 aliphatic carbocycles. The first-order valence-corrected chi connectivity index (χ1v) is 10.9. The summed E-state index contributed by atoms with van der Waals surface area (Å²) in [6, 6.07) is 13.4. The van der Waals surface area contributed by atoms with Crippen LogP contribution in [0.5, 0.6) is 0 Å². The van der Waals surface area contributed by atoms with Crippen molar-refractivity contribution >= 4 is 22.0 Å². The van der Waals surface area contributed by atoms with Crippen LogP contribution >= 0.6 is 0 Å². The van der Waals surface area contributed by atoms with Gasteiger partial charge in [0.1, 0.15) is 0 Å². The van der Waals surface area contributed by atoms with Gasteiger partial charge in [-0.25, -0.2) is 8.42 Å².